The van der Waals surface area contributed by atoms with Gasteiger partial charge in [-0.15, -0.1) is 0 Å². The molecule has 0 fully saturated rings. The highest BCUT2D eigenvalue weighted by atomic mass is 19.4. The number of halogens is 4. The fraction of sp³-hybridized carbons (Fsp3) is 0.308. The standard InChI is InChI=1S/C26H25F4N5O/c1-16(2)14-36-15-22-34-24(32-13-11-17-5-7-18(27)8-6-17)19-9-10-21(33-25(19)35-22)23-20(26(28,29)30)4-3-12-31-23/h3-10,12,16H,11,13-15H2,1-2H3,(H,32,33,34,35). The molecule has 0 amide bonds. The Kier molecular flexibility index (Phi) is 7.73. The summed E-state index contributed by atoms with van der Waals surface area (Å²) in [5.41, 5.74) is 0.0881. The van der Waals surface area contributed by atoms with Crippen molar-refractivity contribution in [2.75, 3.05) is 18.5 Å². The Balaban J connectivity index is 1.67. The van der Waals surface area contributed by atoms with Gasteiger partial charge in [-0.05, 0) is 54.3 Å². The highest BCUT2D eigenvalue weighted by Crippen LogP contribution is 2.35. The summed E-state index contributed by atoms with van der Waals surface area (Å²) >= 11 is 0. The molecule has 3 heterocycles. The Bertz CT molecular complexity index is 1330. The SMILES string of the molecule is CC(C)COCc1nc(NCCc2ccc(F)cc2)c2ccc(-c3ncccc3C(F)(F)F)nc2n1. The van der Waals surface area contributed by atoms with E-state index in [4.69, 9.17) is 4.74 Å². The van der Waals surface area contributed by atoms with E-state index in [-0.39, 0.29) is 29.5 Å². The number of fused-ring (bicyclic) bond motifs is 1. The van der Waals surface area contributed by atoms with Crippen LogP contribution in [0.3, 0.4) is 0 Å². The molecule has 0 unspecified atom stereocenters. The van der Waals surface area contributed by atoms with Gasteiger partial charge in [-0.3, -0.25) is 4.98 Å². The molecule has 0 atom stereocenters. The zero-order valence-electron chi connectivity index (χ0n) is 19.8. The molecule has 36 heavy (non-hydrogen) atoms. The van der Waals surface area contributed by atoms with Crippen molar-refractivity contribution >= 4 is 16.9 Å². The van der Waals surface area contributed by atoms with Gasteiger partial charge in [-0.1, -0.05) is 26.0 Å². The highest BCUT2D eigenvalue weighted by molar-refractivity contribution is 5.88. The third-order valence-corrected chi connectivity index (χ3v) is 5.26. The number of pyridine rings is 2. The number of nitrogens with zero attached hydrogens (tertiary/aromatic N) is 4. The maximum absolute atomic E-state index is 13.5. The minimum absolute atomic E-state index is 0.0560. The number of ether oxygens (including phenoxy) is 1. The summed E-state index contributed by atoms with van der Waals surface area (Å²) in [5, 5.41) is 3.80. The van der Waals surface area contributed by atoms with Crippen LogP contribution in [0.1, 0.15) is 30.8 Å². The molecule has 1 aromatic carbocycles. The molecule has 4 rings (SSSR count). The third kappa shape index (κ3) is 6.31. The predicted molar refractivity (Wildman–Crippen MR) is 129 cm³/mol. The van der Waals surface area contributed by atoms with Crippen molar-refractivity contribution in [3.05, 3.63) is 77.5 Å². The Morgan fingerprint density at radius 2 is 1.75 bits per heavy atom. The fourth-order valence-corrected chi connectivity index (χ4v) is 3.59. The molecule has 6 nitrogen and oxygen atoms in total. The first-order valence-corrected chi connectivity index (χ1v) is 11.5. The largest absolute Gasteiger partial charge is 0.418 e. The van der Waals surface area contributed by atoms with Gasteiger partial charge in [-0.25, -0.2) is 19.3 Å². The first-order chi connectivity index (χ1) is 17.2. The molecule has 0 radical (unpaired) electrons. The summed E-state index contributed by atoms with van der Waals surface area (Å²) in [6.45, 7) is 5.16. The van der Waals surface area contributed by atoms with Crippen LogP contribution >= 0.6 is 0 Å². The summed E-state index contributed by atoms with van der Waals surface area (Å²) in [5.74, 6) is 0.854. The number of rotatable bonds is 9. The molecular formula is C26H25F4N5O. The van der Waals surface area contributed by atoms with E-state index >= 15 is 0 Å². The lowest BCUT2D eigenvalue weighted by Gasteiger charge is -2.14. The molecule has 0 aliphatic rings. The number of aromatic nitrogens is 4. The van der Waals surface area contributed by atoms with Crippen LogP contribution in [0, 0.1) is 11.7 Å². The average Bonchev–Trinajstić information content (AvgIpc) is 2.84. The van der Waals surface area contributed by atoms with Gasteiger partial charge in [0.05, 0.1) is 16.6 Å². The minimum Gasteiger partial charge on any atom is -0.373 e. The number of alkyl halides is 3. The molecule has 0 saturated heterocycles. The molecule has 0 aliphatic carbocycles. The second-order valence-electron chi connectivity index (χ2n) is 8.67. The molecule has 0 spiro atoms. The molecule has 0 saturated carbocycles. The van der Waals surface area contributed by atoms with Crippen molar-refractivity contribution in [2.45, 2.75) is 33.1 Å². The second kappa shape index (κ2) is 10.9. The molecule has 1 N–H and O–H groups in total. The molecule has 4 aromatic rings. The lowest BCUT2D eigenvalue weighted by atomic mass is 10.1. The van der Waals surface area contributed by atoms with Gasteiger partial charge in [0.15, 0.2) is 11.5 Å². The third-order valence-electron chi connectivity index (χ3n) is 5.26. The van der Waals surface area contributed by atoms with Gasteiger partial charge in [0, 0.05) is 19.3 Å². The average molecular weight is 500 g/mol. The Morgan fingerprint density at radius 3 is 2.47 bits per heavy atom. The Hall–Kier alpha value is -3.66. The van der Waals surface area contributed by atoms with Crippen LogP contribution in [0.5, 0.6) is 0 Å². The van der Waals surface area contributed by atoms with Gasteiger partial charge >= 0.3 is 6.18 Å². The summed E-state index contributed by atoms with van der Waals surface area (Å²) in [7, 11) is 0. The lowest BCUT2D eigenvalue weighted by Crippen LogP contribution is -2.12. The van der Waals surface area contributed by atoms with Crippen LogP contribution in [0.25, 0.3) is 22.4 Å². The number of hydrogen-bond donors (Lipinski definition) is 1. The lowest BCUT2D eigenvalue weighted by molar-refractivity contribution is -0.137. The summed E-state index contributed by atoms with van der Waals surface area (Å²) in [4.78, 5) is 17.3. The number of anilines is 1. The van der Waals surface area contributed by atoms with Gasteiger partial charge < -0.3 is 10.1 Å². The number of benzene rings is 1. The smallest absolute Gasteiger partial charge is 0.373 e. The number of hydrogen-bond acceptors (Lipinski definition) is 6. The number of nitrogens with one attached hydrogen (secondary N) is 1. The van der Waals surface area contributed by atoms with E-state index < -0.39 is 11.7 Å². The highest BCUT2D eigenvalue weighted by Gasteiger charge is 2.34. The first kappa shape index (κ1) is 25.4. The van der Waals surface area contributed by atoms with E-state index in [1.807, 2.05) is 13.8 Å². The van der Waals surface area contributed by atoms with Crippen LogP contribution in [0.2, 0.25) is 0 Å². The summed E-state index contributed by atoms with van der Waals surface area (Å²) in [6.07, 6.45) is -2.67. The van der Waals surface area contributed by atoms with E-state index in [1.54, 1.807) is 18.2 Å². The van der Waals surface area contributed by atoms with Crippen molar-refractivity contribution in [2.24, 2.45) is 5.92 Å². The van der Waals surface area contributed by atoms with E-state index in [1.165, 1.54) is 30.5 Å². The van der Waals surface area contributed by atoms with Crippen LogP contribution in [-0.4, -0.2) is 33.1 Å². The van der Waals surface area contributed by atoms with Gasteiger partial charge in [0.1, 0.15) is 23.9 Å². The monoisotopic (exact) mass is 499 g/mol. The summed E-state index contributed by atoms with van der Waals surface area (Å²) in [6, 6.07) is 11.5. The summed E-state index contributed by atoms with van der Waals surface area (Å²) < 4.78 is 59.5. The van der Waals surface area contributed by atoms with Crippen molar-refractivity contribution in [3.8, 4) is 11.4 Å². The molecular weight excluding hydrogens is 474 g/mol. The van der Waals surface area contributed by atoms with Crippen LogP contribution < -0.4 is 5.32 Å². The molecule has 188 valence electrons. The van der Waals surface area contributed by atoms with E-state index in [0.29, 0.717) is 42.5 Å². The van der Waals surface area contributed by atoms with Crippen LogP contribution in [0.15, 0.2) is 54.7 Å². The van der Waals surface area contributed by atoms with E-state index in [9.17, 15) is 17.6 Å². The zero-order chi connectivity index (χ0) is 25.7. The van der Waals surface area contributed by atoms with E-state index in [2.05, 4.69) is 25.3 Å². The molecule has 0 aliphatic heterocycles. The fourth-order valence-electron chi connectivity index (χ4n) is 3.59. The van der Waals surface area contributed by atoms with Crippen LogP contribution in [0.4, 0.5) is 23.4 Å². The maximum Gasteiger partial charge on any atom is 0.418 e. The van der Waals surface area contributed by atoms with Crippen molar-refractivity contribution in [3.63, 3.8) is 0 Å². The molecule has 3 aromatic heterocycles. The Labute approximate surface area is 205 Å². The Morgan fingerprint density at radius 1 is 0.972 bits per heavy atom. The van der Waals surface area contributed by atoms with Gasteiger partial charge in [0.25, 0.3) is 0 Å². The molecule has 10 heteroatoms. The zero-order valence-corrected chi connectivity index (χ0v) is 19.8. The topological polar surface area (TPSA) is 72.8 Å². The van der Waals surface area contributed by atoms with Gasteiger partial charge in [-0.2, -0.15) is 13.2 Å². The maximum atomic E-state index is 13.5. The van der Waals surface area contributed by atoms with Crippen molar-refractivity contribution in [1.29, 1.82) is 0 Å². The van der Waals surface area contributed by atoms with Crippen molar-refractivity contribution < 1.29 is 22.3 Å². The minimum atomic E-state index is -4.57. The first-order valence-electron chi connectivity index (χ1n) is 11.5. The second-order valence-corrected chi connectivity index (χ2v) is 8.67. The quantitative estimate of drug-likeness (QED) is 0.282. The normalized spacial score (nSPS) is 11.9. The van der Waals surface area contributed by atoms with Crippen LogP contribution in [-0.2, 0) is 23.9 Å². The predicted octanol–water partition coefficient (Wildman–Crippen LogP) is 6.07. The van der Waals surface area contributed by atoms with Crippen molar-refractivity contribution in [1.82, 2.24) is 19.9 Å². The van der Waals surface area contributed by atoms with E-state index in [0.717, 1.165) is 11.6 Å². The molecule has 0 bridgehead atoms. The van der Waals surface area contributed by atoms with Gasteiger partial charge in [0.2, 0.25) is 0 Å².